The third-order valence-electron chi connectivity index (χ3n) is 5.36. The zero-order valence-corrected chi connectivity index (χ0v) is 18.3. The highest BCUT2D eigenvalue weighted by atomic mass is 32.2. The van der Waals surface area contributed by atoms with Crippen molar-refractivity contribution in [3.8, 4) is 11.5 Å². The van der Waals surface area contributed by atoms with E-state index in [-0.39, 0.29) is 5.75 Å². The van der Waals surface area contributed by atoms with E-state index in [4.69, 9.17) is 10.5 Å². The Morgan fingerprint density at radius 3 is 2.41 bits per heavy atom. The van der Waals surface area contributed by atoms with Crippen LogP contribution in [-0.4, -0.2) is 67.2 Å². The van der Waals surface area contributed by atoms with Crippen molar-refractivity contribution in [3.05, 3.63) is 53.1 Å². The number of carbonyl (C=O) groups is 1. The van der Waals surface area contributed by atoms with E-state index in [9.17, 15) is 30.3 Å². The maximum Gasteiger partial charge on any atom is 0.316 e. The van der Waals surface area contributed by atoms with Crippen molar-refractivity contribution in [3.63, 3.8) is 0 Å². The van der Waals surface area contributed by atoms with Gasteiger partial charge in [-0.05, 0) is 35.7 Å². The highest BCUT2D eigenvalue weighted by molar-refractivity contribution is 8.00. The zero-order chi connectivity index (χ0) is 23.4. The van der Waals surface area contributed by atoms with Crippen molar-refractivity contribution in [2.24, 2.45) is 5.73 Å². The van der Waals surface area contributed by atoms with Crippen molar-refractivity contribution < 1.29 is 35.1 Å². The molecule has 174 valence electrons. The Morgan fingerprint density at radius 1 is 1.12 bits per heavy atom. The van der Waals surface area contributed by atoms with Gasteiger partial charge in [-0.2, -0.15) is 0 Å². The van der Waals surface area contributed by atoms with Gasteiger partial charge in [-0.3, -0.25) is 0 Å². The molecule has 1 aliphatic rings. The molecule has 0 aromatic heterocycles. The number of hydrogen-bond donors (Lipinski definition) is 7. The van der Waals surface area contributed by atoms with Gasteiger partial charge in [0.1, 0.15) is 23.7 Å². The number of phenolic OH excluding ortho intramolecular Hbond substituents is 1. The summed E-state index contributed by atoms with van der Waals surface area (Å²) in [4.78, 5) is 11.0. The molecule has 9 nitrogen and oxygen atoms in total. The van der Waals surface area contributed by atoms with Crippen molar-refractivity contribution >= 4 is 23.5 Å². The molecule has 2 aromatic carbocycles. The molecule has 1 heterocycles. The van der Waals surface area contributed by atoms with Crippen LogP contribution in [-0.2, 0) is 12.8 Å². The third kappa shape index (κ3) is 5.45. The van der Waals surface area contributed by atoms with E-state index < -0.39 is 41.6 Å². The van der Waals surface area contributed by atoms with Crippen LogP contribution in [0.4, 0.5) is 10.5 Å². The maximum atomic E-state index is 11.0. The van der Waals surface area contributed by atoms with Gasteiger partial charge >= 0.3 is 6.03 Å². The molecule has 1 aliphatic heterocycles. The number of aliphatic hydroxyl groups excluding tert-OH is 4. The van der Waals surface area contributed by atoms with Crippen LogP contribution in [0.2, 0.25) is 0 Å². The van der Waals surface area contributed by atoms with Crippen LogP contribution < -0.4 is 15.8 Å². The van der Waals surface area contributed by atoms with Crippen LogP contribution in [0, 0.1) is 0 Å². The normalized spacial score (nSPS) is 25.3. The molecule has 2 aromatic rings. The fourth-order valence-electron chi connectivity index (χ4n) is 3.65. The summed E-state index contributed by atoms with van der Waals surface area (Å²) in [6.45, 7) is 1.54. The average molecular weight is 465 g/mol. The Balaban J connectivity index is 1.89. The lowest BCUT2D eigenvalue weighted by molar-refractivity contribution is -0.0910. The van der Waals surface area contributed by atoms with E-state index in [1.807, 2.05) is 19.1 Å². The molecule has 32 heavy (non-hydrogen) atoms. The second-order valence-corrected chi connectivity index (χ2v) is 8.96. The van der Waals surface area contributed by atoms with E-state index in [0.717, 1.165) is 28.5 Å². The summed E-state index contributed by atoms with van der Waals surface area (Å²) in [6, 6.07) is 9.52. The van der Waals surface area contributed by atoms with Crippen molar-refractivity contribution in [2.45, 2.75) is 48.8 Å². The number of amides is 2. The molecular weight excluding hydrogens is 436 g/mol. The van der Waals surface area contributed by atoms with Gasteiger partial charge < -0.3 is 41.3 Å². The van der Waals surface area contributed by atoms with Gasteiger partial charge in [-0.25, -0.2) is 4.79 Å². The molecule has 2 amide bonds. The van der Waals surface area contributed by atoms with Gasteiger partial charge in [0, 0.05) is 23.7 Å². The number of carbonyl (C=O) groups excluding carboxylic acids is 1. The summed E-state index contributed by atoms with van der Waals surface area (Å²) in [5.41, 5.74) is 7.27. The van der Waals surface area contributed by atoms with Crippen LogP contribution in [0.5, 0.6) is 11.5 Å². The number of hydrogen-bond acceptors (Lipinski definition) is 8. The predicted molar refractivity (Wildman–Crippen MR) is 121 cm³/mol. The van der Waals surface area contributed by atoms with E-state index in [2.05, 4.69) is 5.32 Å². The number of ether oxygens (including phenoxy) is 1. The highest BCUT2D eigenvalue weighted by Gasteiger charge is 2.44. The lowest BCUT2D eigenvalue weighted by atomic mass is 9.96. The molecule has 8 N–H and O–H groups in total. The summed E-state index contributed by atoms with van der Waals surface area (Å²) in [7, 11) is 0. The molecule has 0 spiro atoms. The number of thioether (sulfide) groups is 1. The van der Waals surface area contributed by atoms with Crippen molar-refractivity contribution in [1.82, 2.24) is 0 Å². The molecule has 0 saturated carbocycles. The van der Waals surface area contributed by atoms with Crippen LogP contribution in [0.3, 0.4) is 0 Å². The summed E-state index contributed by atoms with van der Waals surface area (Å²) in [6.07, 6.45) is -3.10. The Morgan fingerprint density at radius 2 is 1.81 bits per heavy atom. The van der Waals surface area contributed by atoms with Gasteiger partial charge in [-0.15, -0.1) is 11.8 Å². The van der Waals surface area contributed by atoms with E-state index in [0.29, 0.717) is 24.3 Å². The Bertz CT molecular complexity index is 939. The van der Waals surface area contributed by atoms with E-state index >= 15 is 0 Å². The van der Waals surface area contributed by atoms with Crippen LogP contribution >= 0.6 is 11.8 Å². The Hall–Kier alpha value is -2.50. The number of nitrogens with one attached hydrogen (secondary N) is 1. The van der Waals surface area contributed by atoms with Gasteiger partial charge in [-0.1, -0.05) is 19.1 Å². The topological polar surface area (TPSA) is 166 Å². The Labute approximate surface area is 189 Å². The molecule has 1 fully saturated rings. The molecule has 1 saturated heterocycles. The van der Waals surface area contributed by atoms with Crippen LogP contribution in [0.1, 0.15) is 23.6 Å². The number of urea groups is 1. The van der Waals surface area contributed by atoms with Crippen molar-refractivity contribution in [1.29, 1.82) is 0 Å². The van der Waals surface area contributed by atoms with Crippen LogP contribution in [0.25, 0.3) is 0 Å². The van der Waals surface area contributed by atoms with E-state index in [1.165, 1.54) is 6.07 Å². The second kappa shape index (κ2) is 10.4. The number of aryl methyl sites for hydroxylation is 1. The lowest BCUT2D eigenvalue weighted by Crippen LogP contribution is -2.55. The van der Waals surface area contributed by atoms with Crippen LogP contribution in [0.15, 0.2) is 36.4 Å². The first kappa shape index (κ1) is 24.1. The smallest absolute Gasteiger partial charge is 0.316 e. The number of aliphatic hydroxyl groups is 4. The molecule has 1 unspecified atom stereocenters. The summed E-state index contributed by atoms with van der Waals surface area (Å²) < 4.78 is 6.02. The largest absolute Gasteiger partial charge is 0.508 e. The van der Waals surface area contributed by atoms with E-state index in [1.54, 1.807) is 18.2 Å². The number of benzene rings is 2. The zero-order valence-electron chi connectivity index (χ0n) is 17.5. The highest BCUT2D eigenvalue weighted by Crippen LogP contribution is 2.38. The monoisotopic (exact) mass is 464 g/mol. The molecule has 3 rings (SSSR count). The Kier molecular flexibility index (Phi) is 7.86. The minimum atomic E-state index is -1.48. The van der Waals surface area contributed by atoms with Crippen molar-refractivity contribution in [2.75, 3.05) is 11.9 Å². The number of rotatable bonds is 7. The maximum absolute atomic E-state index is 11.0. The summed E-state index contributed by atoms with van der Waals surface area (Å²) in [5, 5.41) is 52.1. The fourth-order valence-corrected chi connectivity index (χ4v) is 4.88. The quantitative estimate of drug-likeness (QED) is 0.318. The molecule has 10 heteroatoms. The second-order valence-electron chi connectivity index (χ2n) is 7.61. The fraction of sp³-hybridized carbons (Fsp3) is 0.409. The number of aromatic hydroxyl groups is 1. The molecule has 5 atom stereocenters. The molecule has 0 bridgehead atoms. The minimum absolute atomic E-state index is 0.00352. The molecule has 0 radical (unpaired) electrons. The lowest BCUT2D eigenvalue weighted by Gasteiger charge is -2.39. The molecular formula is C22H28N2O7S. The van der Waals surface area contributed by atoms with Gasteiger partial charge in [0.15, 0.2) is 5.44 Å². The summed E-state index contributed by atoms with van der Waals surface area (Å²) in [5.74, 6) is 0.328. The van der Waals surface area contributed by atoms with Gasteiger partial charge in [0.2, 0.25) is 0 Å². The number of primary amides is 1. The van der Waals surface area contributed by atoms with Gasteiger partial charge in [0.05, 0.1) is 18.0 Å². The summed E-state index contributed by atoms with van der Waals surface area (Å²) >= 11 is 1.02. The SMILES string of the molecule is CCc1cc(O)cc(OC2S[C@H](CO)[C@@H](O)[C@H](O)[C@H]2O)c1Cc1ccc(NC(N)=O)cc1. The standard InChI is InChI=1S/C22H28N2O7S/c1-2-12-8-14(26)9-16(31-21-20(29)19(28)18(27)17(10-25)32-21)15(12)7-11-3-5-13(6-4-11)24-22(23)30/h3-6,8-9,17-21,25-29H,2,7,10H2,1H3,(H3,23,24,30)/t17-,18-,19+,20-,21?/m1/s1. The number of nitrogens with two attached hydrogens (primary N) is 1. The number of anilines is 1. The predicted octanol–water partition coefficient (Wildman–Crippen LogP) is 0.931. The molecule has 0 aliphatic carbocycles. The first-order chi connectivity index (χ1) is 15.2. The first-order valence-electron chi connectivity index (χ1n) is 10.2. The first-order valence-corrected chi connectivity index (χ1v) is 11.1. The minimum Gasteiger partial charge on any atom is -0.508 e. The number of phenols is 1. The van der Waals surface area contributed by atoms with Gasteiger partial charge in [0.25, 0.3) is 0 Å². The average Bonchev–Trinajstić information content (AvgIpc) is 2.76. The third-order valence-corrected chi connectivity index (χ3v) is 6.78.